The second-order valence-corrected chi connectivity index (χ2v) is 4.52. The van der Waals surface area contributed by atoms with Crippen molar-refractivity contribution in [2.75, 3.05) is 0 Å². The Kier molecular flexibility index (Phi) is 3.95. The molecule has 2 rings (SSSR count). The van der Waals surface area contributed by atoms with E-state index in [4.69, 9.17) is 10.5 Å². The summed E-state index contributed by atoms with van der Waals surface area (Å²) in [5.41, 5.74) is 7.87. The van der Waals surface area contributed by atoms with Crippen molar-refractivity contribution in [2.45, 2.75) is 26.3 Å². The first kappa shape index (κ1) is 12.6. The van der Waals surface area contributed by atoms with E-state index in [1.165, 1.54) is 5.56 Å². The maximum atomic E-state index is 5.83. The first-order valence-electron chi connectivity index (χ1n) is 6.09. The van der Waals surface area contributed by atoms with E-state index >= 15 is 0 Å². The van der Waals surface area contributed by atoms with Gasteiger partial charge in [-0.1, -0.05) is 12.1 Å². The predicted molar refractivity (Wildman–Crippen MR) is 72.8 cm³/mol. The Morgan fingerprint density at radius 3 is 2.83 bits per heavy atom. The molecule has 0 amide bonds. The molecule has 0 aliphatic heterocycles. The fourth-order valence-corrected chi connectivity index (χ4v) is 1.81. The van der Waals surface area contributed by atoms with Crippen molar-refractivity contribution in [3.8, 4) is 11.5 Å². The smallest absolute Gasteiger partial charge is 0.148 e. The fourth-order valence-electron chi connectivity index (χ4n) is 1.81. The molecule has 3 nitrogen and oxygen atoms in total. The Bertz CT molecular complexity index is 523. The third-order valence-electron chi connectivity index (χ3n) is 2.64. The van der Waals surface area contributed by atoms with E-state index in [1.54, 1.807) is 6.20 Å². The molecule has 0 saturated carbocycles. The zero-order valence-electron chi connectivity index (χ0n) is 10.8. The lowest BCUT2D eigenvalue weighted by atomic mass is 10.1. The number of benzene rings is 1. The summed E-state index contributed by atoms with van der Waals surface area (Å²) >= 11 is 0. The second kappa shape index (κ2) is 5.65. The number of ether oxygens (including phenoxy) is 1. The quantitative estimate of drug-likeness (QED) is 0.896. The van der Waals surface area contributed by atoms with Crippen LogP contribution < -0.4 is 10.5 Å². The highest BCUT2D eigenvalue weighted by molar-refractivity contribution is 5.35. The van der Waals surface area contributed by atoms with Gasteiger partial charge in [0, 0.05) is 12.2 Å². The van der Waals surface area contributed by atoms with Crippen LogP contribution in [0.5, 0.6) is 11.5 Å². The maximum absolute atomic E-state index is 5.83. The lowest BCUT2D eigenvalue weighted by Crippen LogP contribution is -2.17. The number of hydrogen-bond acceptors (Lipinski definition) is 3. The summed E-state index contributed by atoms with van der Waals surface area (Å²) < 4.78 is 5.83. The lowest BCUT2D eigenvalue weighted by Gasteiger charge is -2.10. The van der Waals surface area contributed by atoms with Gasteiger partial charge < -0.3 is 10.5 Å². The van der Waals surface area contributed by atoms with Gasteiger partial charge in [0.05, 0.1) is 5.69 Å². The van der Waals surface area contributed by atoms with Crippen molar-refractivity contribution >= 4 is 0 Å². The third kappa shape index (κ3) is 3.31. The van der Waals surface area contributed by atoms with Crippen molar-refractivity contribution < 1.29 is 4.74 Å². The normalized spacial score (nSPS) is 12.2. The molecular weight excluding hydrogens is 224 g/mol. The lowest BCUT2D eigenvalue weighted by molar-refractivity contribution is 0.475. The first-order valence-corrected chi connectivity index (χ1v) is 6.09. The summed E-state index contributed by atoms with van der Waals surface area (Å²) in [4.78, 5) is 4.20. The Hall–Kier alpha value is -1.87. The highest BCUT2D eigenvalue weighted by Crippen LogP contribution is 2.24. The van der Waals surface area contributed by atoms with Gasteiger partial charge >= 0.3 is 0 Å². The Balaban J connectivity index is 2.17. The van der Waals surface area contributed by atoms with Gasteiger partial charge in [0.1, 0.15) is 11.5 Å². The van der Waals surface area contributed by atoms with Crippen LogP contribution in [0, 0.1) is 6.92 Å². The van der Waals surface area contributed by atoms with Crippen molar-refractivity contribution in [1.82, 2.24) is 4.98 Å². The Morgan fingerprint density at radius 1 is 1.28 bits per heavy atom. The summed E-state index contributed by atoms with van der Waals surface area (Å²) in [5, 5.41) is 0. The molecule has 0 bridgehead atoms. The van der Waals surface area contributed by atoms with Crippen molar-refractivity contribution in [3.63, 3.8) is 0 Å². The van der Waals surface area contributed by atoms with Gasteiger partial charge in [-0.05, 0) is 50.1 Å². The molecule has 0 saturated heterocycles. The molecule has 1 aromatic heterocycles. The molecule has 1 atom stereocenters. The SMILES string of the molecule is Cc1ncccc1Oc1cccc(CC(C)N)c1. The molecule has 0 radical (unpaired) electrons. The first-order chi connectivity index (χ1) is 8.65. The maximum Gasteiger partial charge on any atom is 0.148 e. The van der Waals surface area contributed by atoms with Gasteiger partial charge in [-0.25, -0.2) is 0 Å². The third-order valence-corrected chi connectivity index (χ3v) is 2.64. The monoisotopic (exact) mass is 242 g/mol. The minimum absolute atomic E-state index is 0.153. The molecule has 1 heterocycles. The van der Waals surface area contributed by atoms with Crippen LogP contribution in [0.4, 0.5) is 0 Å². The summed E-state index contributed by atoms with van der Waals surface area (Å²) in [5.74, 6) is 1.61. The molecule has 0 spiro atoms. The van der Waals surface area contributed by atoms with Crippen LogP contribution in [0.25, 0.3) is 0 Å². The molecule has 0 fully saturated rings. The van der Waals surface area contributed by atoms with Crippen LogP contribution in [0.3, 0.4) is 0 Å². The molecule has 3 heteroatoms. The summed E-state index contributed by atoms with van der Waals surface area (Å²) in [6.45, 7) is 3.93. The standard InChI is InChI=1S/C15H18N2O/c1-11(16)9-13-5-3-6-14(10-13)18-15-7-4-8-17-12(15)2/h3-8,10-11H,9,16H2,1-2H3. The molecule has 1 unspecified atom stereocenters. The molecule has 18 heavy (non-hydrogen) atoms. The average molecular weight is 242 g/mol. The topological polar surface area (TPSA) is 48.1 Å². The number of rotatable bonds is 4. The molecule has 0 aliphatic rings. The van der Waals surface area contributed by atoms with Gasteiger partial charge in [0.15, 0.2) is 0 Å². The Morgan fingerprint density at radius 2 is 2.11 bits per heavy atom. The van der Waals surface area contributed by atoms with E-state index in [-0.39, 0.29) is 6.04 Å². The number of nitrogens with zero attached hydrogens (tertiary/aromatic N) is 1. The van der Waals surface area contributed by atoms with Crippen molar-refractivity contribution in [1.29, 1.82) is 0 Å². The van der Waals surface area contributed by atoms with Crippen LogP contribution in [0.15, 0.2) is 42.6 Å². The van der Waals surface area contributed by atoms with Crippen molar-refractivity contribution in [3.05, 3.63) is 53.9 Å². The number of nitrogens with two attached hydrogens (primary N) is 1. The van der Waals surface area contributed by atoms with Crippen LogP contribution in [0.1, 0.15) is 18.2 Å². The molecule has 2 N–H and O–H groups in total. The van der Waals surface area contributed by atoms with E-state index < -0.39 is 0 Å². The second-order valence-electron chi connectivity index (χ2n) is 4.52. The number of aromatic nitrogens is 1. The highest BCUT2D eigenvalue weighted by Gasteiger charge is 2.03. The van der Waals surface area contributed by atoms with Gasteiger partial charge in [-0.2, -0.15) is 0 Å². The molecule has 94 valence electrons. The number of aryl methyl sites for hydroxylation is 1. The number of pyridine rings is 1. The minimum Gasteiger partial charge on any atom is -0.455 e. The van der Waals surface area contributed by atoms with E-state index in [0.29, 0.717) is 0 Å². The fraction of sp³-hybridized carbons (Fsp3) is 0.267. The number of hydrogen-bond donors (Lipinski definition) is 1. The van der Waals surface area contributed by atoms with Gasteiger partial charge in [-0.15, -0.1) is 0 Å². The minimum atomic E-state index is 0.153. The largest absolute Gasteiger partial charge is 0.455 e. The average Bonchev–Trinajstić information content (AvgIpc) is 2.32. The van der Waals surface area contributed by atoms with Crippen LogP contribution in [0.2, 0.25) is 0 Å². The highest BCUT2D eigenvalue weighted by atomic mass is 16.5. The Labute approximate surface area is 108 Å². The van der Waals surface area contributed by atoms with E-state index in [2.05, 4.69) is 11.1 Å². The molecule has 1 aromatic carbocycles. The predicted octanol–water partition coefficient (Wildman–Crippen LogP) is 3.07. The van der Waals surface area contributed by atoms with E-state index in [9.17, 15) is 0 Å². The molecule has 2 aromatic rings. The van der Waals surface area contributed by atoms with Crippen LogP contribution >= 0.6 is 0 Å². The molecule has 0 aliphatic carbocycles. The van der Waals surface area contributed by atoms with Gasteiger partial charge in [-0.3, -0.25) is 4.98 Å². The summed E-state index contributed by atoms with van der Waals surface area (Å²) in [6.07, 6.45) is 2.61. The van der Waals surface area contributed by atoms with Crippen LogP contribution in [-0.2, 0) is 6.42 Å². The molecular formula is C15H18N2O. The summed E-state index contributed by atoms with van der Waals surface area (Å²) in [6, 6.07) is 12.0. The van der Waals surface area contributed by atoms with Crippen LogP contribution in [-0.4, -0.2) is 11.0 Å². The van der Waals surface area contributed by atoms with Crippen molar-refractivity contribution in [2.24, 2.45) is 5.73 Å². The zero-order valence-corrected chi connectivity index (χ0v) is 10.8. The van der Waals surface area contributed by atoms with E-state index in [0.717, 1.165) is 23.6 Å². The summed E-state index contributed by atoms with van der Waals surface area (Å²) in [7, 11) is 0. The van der Waals surface area contributed by atoms with E-state index in [1.807, 2.05) is 44.2 Å². The van der Waals surface area contributed by atoms with Gasteiger partial charge in [0.25, 0.3) is 0 Å². The zero-order chi connectivity index (χ0) is 13.0. The van der Waals surface area contributed by atoms with Gasteiger partial charge in [0.2, 0.25) is 0 Å².